The zero-order valence-electron chi connectivity index (χ0n) is 18.9. The number of hydrogen-bond donors (Lipinski definition) is 2. The van der Waals surface area contributed by atoms with Crippen LogP contribution in [-0.4, -0.2) is 19.3 Å². The molecule has 0 unspecified atom stereocenters. The number of aryl methyl sites for hydroxylation is 2. The summed E-state index contributed by atoms with van der Waals surface area (Å²) < 4.78 is 28.6. The largest absolute Gasteiger partial charge is 0.326 e. The highest BCUT2D eigenvalue weighted by atomic mass is 32.2. The van der Waals surface area contributed by atoms with Crippen LogP contribution in [0.25, 0.3) is 0 Å². The minimum atomic E-state index is -3.82. The van der Waals surface area contributed by atoms with Crippen LogP contribution in [0.1, 0.15) is 27.4 Å². The molecule has 2 N–H and O–H groups in total. The van der Waals surface area contributed by atoms with Crippen molar-refractivity contribution in [3.8, 4) is 0 Å². The molecule has 8 heteroatoms. The van der Waals surface area contributed by atoms with Crippen molar-refractivity contribution in [2.75, 3.05) is 10.0 Å². The van der Waals surface area contributed by atoms with E-state index in [2.05, 4.69) is 15.0 Å². The summed E-state index contributed by atoms with van der Waals surface area (Å²) in [6.45, 7) is 3.62. The molecule has 6 nitrogen and oxygen atoms in total. The Labute approximate surface area is 203 Å². The third kappa shape index (κ3) is 6.09. The van der Waals surface area contributed by atoms with Gasteiger partial charge in [-0.1, -0.05) is 48.5 Å². The highest BCUT2D eigenvalue weighted by molar-refractivity contribution is 7.92. The Balaban J connectivity index is 1.43. The standard InChI is InChI=1S/C26H25N3O3S2/c1-18-7-6-10-22(13-18)29-34(31,32)24-15-21(12-11-19(24)2)27-25(30)16-23-17-33-26(28-23)14-20-8-4-3-5-9-20/h3-13,15,17,29H,14,16H2,1-2H3,(H,27,30). The average molecular weight is 492 g/mol. The van der Waals surface area contributed by atoms with Gasteiger partial charge in [-0.2, -0.15) is 0 Å². The number of benzene rings is 3. The molecule has 0 aliphatic carbocycles. The molecule has 3 aromatic carbocycles. The maximum absolute atomic E-state index is 13.0. The van der Waals surface area contributed by atoms with Crippen LogP contribution in [0.4, 0.5) is 11.4 Å². The minimum Gasteiger partial charge on any atom is -0.326 e. The van der Waals surface area contributed by atoms with Crippen LogP contribution in [0.15, 0.2) is 83.1 Å². The first-order valence-corrected chi connectivity index (χ1v) is 13.1. The Morgan fingerprint density at radius 2 is 1.74 bits per heavy atom. The second-order valence-electron chi connectivity index (χ2n) is 8.08. The summed E-state index contributed by atoms with van der Waals surface area (Å²) in [5.74, 6) is -0.254. The zero-order valence-corrected chi connectivity index (χ0v) is 20.5. The number of rotatable bonds is 8. The third-order valence-corrected chi connectivity index (χ3v) is 7.59. The van der Waals surface area contributed by atoms with Gasteiger partial charge in [-0.15, -0.1) is 11.3 Å². The molecule has 0 spiro atoms. The maximum Gasteiger partial charge on any atom is 0.262 e. The summed E-state index contributed by atoms with van der Waals surface area (Å²) in [6.07, 6.45) is 0.836. The van der Waals surface area contributed by atoms with Gasteiger partial charge in [-0.3, -0.25) is 9.52 Å². The molecule has 0 bridgehead atoms. The fourth-order valence-corrected chi connectivity index (χ4v) is 5.69. The van der Waals surface area contributed by atoms with Crippen LogP contribution in [-0.2, 0) is 27.7 Å². The smallest absolute Gasteiger partial charge is 0.262 e. The Kier molecular flexibility index (Phi) is 7.09. The molecule has 0 aliphatic rings. The minimum absolute atomic E-state index is 0.114. The van der Waals surface area contributed by atoms with Crippen LogP contribution >= 0.6 is 11.3 Å². The number of sulfonamides is 1. The van der Waals surface area contributed by atoms with Crippen molar-refractivity contribution in [1.29, 1.82) is 0 Å². The monoisotopic (exact) mass is 491 g/mol. The van der Waals surface area contributed by atoms with E-state index < -0.39 is 10.0 Å². The summed E-state index contributed by atoms with van der Waals surface area (Å²) >= 11 is 1.52. The van der Waals surface area contributed by atoms with E-state index in [1.54, 1.807) is 37.3 Å². The summed E-state index contributed by atoms with van der Waals surface area (Å²) in [7, 11) is -3.82. The van der Waals surface area contributed by atoms with E-state index in [1.807, 2.05) is 48.7 Å². The first-order valence-electron chi connectivity index (χ1n) is 10.8. The molecular weight excluding hydrogens is 466 g/mol. The van der Waals surface area contributed by atoms with Crippen molar-refractivity contribution >= 4 is 38.6 Å². The average Bonchev–Trinajstić information content (AvgIpc) is 3.21. The molecule has 0 saturated carbocycles. The van der Waals surface area contributed by atoms with Crippen LogP contribution < -0.4 is 10.0 Å². The lowest BCUT2D eigenvalue weighted by molar-refractivity contribution is -0.115. The molecule has 0 radical (unpaired) electrons. The van der Waals surface area contributed by atoms with Gasteiger partial charge >= 0.3 is 0 Å². The summed E-state index contributed by atoms with van der Waals surface area (Å²) in [5, 5.41) is 5.62. The molecule has 0 aliphatic heterocycles. The number of carbonyl (C=O) groups is 1. The first-order chi connectivity index (χ1) is 16.3. The molecule has 1 aromatic heterocycles. The normalized spacial score (nSPS) is 11.2. The molecule has 1 heterocycles. The molecule has 34 heavy (non-hydrogen) atoms. The van der Waals surface area contributed by atoms with Gasteiger partial charge in [0.05, 0.1) is 22.0 Å². The van der Waals surface area contributed by atoms with Crippen molar-refractivity contribution < 1.29 is 13.2 Å². The number of aromatic nitrogens is 1. The van der Waals surface area contributed by atoms with Gasteiger partial charge < -0.3 is 5.32 Å². The van der Waals surface area contributed by atoms with E-state index in [0.29, 0.717) is 22.6 Å². The van der Waals surface area contributed by atoms with Crippen molar-refractivity contribution in [2.45, 2.75) is 31.6 Å². The highest BCUT2D eigenvalue weighted by Crippen LogP contribution is 2.24. The lowest BCUT2D eigenvalue weighted by Gasteiger charge is -2.13. The van der Waals surface area contributed by atoms with Crippen molar-refractivity contribution in [2.24, 2.45) is 0 Å². The Bertz CT molecular complexity index is 1410. The van der Waals surface area contributed by atoms with Gasteiger partial charge in [0.1, 0.15) is 0 Å². The second kappa shape index (κ2) is 10.2. The molecular formula is C26H25N3O3S2. The van der Waals surface area contributed by atoms with E-state index in [4.69, 9.17) is 0 Å². The maximum atomic E-state index is 13.0. The van der Waals surface area contributed by atoms with Gasteiger partial charge in [0.2, 0.25) is 5.91 Å². The lowest BCUT2D eigenvalue weighted by Crippen LogP contribution is -2.17. The predicted octanol–water partition coefficient (Wildman–Crippen LogP) is 5.33. The van der Waals surface area contributed by atoms with Crippen molar-refractivity contribution in [1.82, 2.24) is 4.98 Å². The number of amides is 1. The topological polar surface area (TPSA) is 88.2 Å². The van der Waals surface area contributed by atoms with Crippen molar-refractivity contribution in [3.05, 3.63) is 106 Å². The van der Waals surface area contributed by atoms with E-state index >= 15 is 0 Å². The van der Waals surface area contributed by atoms with Gasteiger partial charge in [0.15, 0.2) is 0 Å². The second-order valence-corrected chi connectivity index (χ2v) is 10.7. The SMILES string of the molecule is Cc1cccc(NS(=O)(=O)c2cc(NC(=O)Cc3csc(Cc4ccccc4)n3)ccc2C)c1. The van der Waals surface area contributed by atoms with E-state index in [9.17, 15) is 13.2 Å². The fraction of sp³-hybridized carbons (Fsp3) is 0.154. The quantitative estimate of drug-likeness (QED) is 0.349. The summed E-state index contributed by atoms with van der Waals surface area (Å²) in [5.41, 5.74) is 4.30. The first kappa shape index (κ1) is 23.7. The molecule has 4 aromatic rings. The third-order valence-electron chi connectivity index (χ3n) is 5.17. The summed E-state index contributed by atoms with van der Waals surface area (Å²) in [4.78, 5) is 17.3. The Morgan fingerprint density at radius 1 is 0.941 bits per heavy atom. The van der Waals surface area contributed by atoms with Crippen LogP contribution in [0.2, 0.25) is 0 Å². The van der Waals surface area contributed by atoms with E-state index in [0.717, 1.165) is 17.0 Å². The van der Waals surface area contributed by atoms with Gasteiger partial charge in [-0.25, -0.2) is 13.4 Å². The molecule has 174 valence electrons. The Morgan fingerprint density at radius 3 is 2.50 bits per heavy atom. The Hall–Kier alpha value is -3.49. The van der Waals surface area contributed by atoms with Gasteiger partial charge in [-0.05, 0) is 54.8 Å². The predicted molar refractivity (Wildman–Crippen MR) is 137 cm³/mol. The van der Waals surface area contributed by atoms with Crippen LogP contribution in [0.3, 0.4) is 0 Å². The molecule has 4 rings (SSSR count). The molecule has 0 fully saturated rings. The van der Waals surface area contributed by atoms with Gasteiger partial charge in [0.25, 0.3) is 10.0 Å². The number of carbonyl (C=O) groups excluding carboxylic acids is 1. The van der Waals surface area contributed by atoms with Crippen LogP contribution in [0.5, 0.6) is 0 Å². The highest BCUT2D eigenvalue weighted by Gasteiger charge is 2.18. The number of anilines is 2. The van der Waals surface area contributed by atoms with Gasteiger partial charge in [0, 0.05) is 23.2 Å². The summed E-state index contributed by atoms with van der Waals surface area (Å²) in [6, 6.07) is 22.1. The zero-order chi connectivity index (χ0) is 24.1. The van der Waals surface area contributed by atoms with Crippen molar-refractivity contribution in [3.63, 3.8) is 0 Å². The molecule has 0 atom stereocenters. The van der Waals surface area contributed by atoms with E-state index in [-0.39, 0.29) is 17.2 Å². The lowest BCUT2D eigenvalue weighted by atomic mass is 10.2. The fourth-order valence-electron chi connectivity index (χ4n) is 3.54. The number of nitrogens with one attached hydrogen (secondary N) is 2. The molecule has 0 saturated heterocycles. The molecule has 1 amide bonds. The van der Waals surface area contributed by atoms with E-state index in [1.165, 1.54) is 23.0 Å². The van der Waals surface area contributed by atoms with Crippen LogP contribution in [0, 0.1) is 13.8 Å². The number of nitrogens with zero attached hydrogens (tertiary/aromatic N) is 1. The number of thiazole rings is 1. The number of hydrogen-bond acceptors (Lipinski definition) is 5.